The van der Waals surface area contributed by atoms with Crippen molar-refractivity contribution in [1.82, 2.24) is 4.90 Å². The van der Waals surface area contributed by atoms with E-state index in [1.165, 1.54) is 4.90 Å². The molecule has 6 heteroatoms. The second kappa shape index (κ2) is 7.61. The molecule has 1 N–H and O–H groups in total. The first-order valence-electron chi connectivity index (χ1n) is 7.53. The monoisotopic (exact) mass is 324 g/mol. The largest absolute Gasteiger partial charge is 0.387 e. The van der Waals surface area contributed by atoms with Crippen molar-refractivity contribution >= 4 is 29.1 Å². The molecule has 120 valence electrons. The summed E-state index contributed by atoms with van der Waals surface area (Å²) < 4.78 is 0. The number of nitrogens with zero attached hydrogens (tertiary/aromatic N) is 2. The maximum Gasteiger partial charge on any atom is 0.249 e. The van der Waals surface area contributed by atoms with Crippen molar-refractivity contribution in [1.29, 1.82) is 0 Å². The van der Waals surface area contributed by atoms with E-state index < -0.39 is 6.61 Å². The fourth-order valence-electron chi connectivity index (χ4n) is 2.71. The number of unbranched alkanes of at least 4 members (excludes halogenated alkanes) is 1. The molecule has 0 spiro atoms. The number of aliphatic hydroxyl groups is 1. The molecule has 0 saturated carbocycles. The van der Waals surface area contributed by atoms with Gasteiger partial charge in [-0.1, -0.05) is 31.4 Å². The van der Waals surface area contributed by atoms with Crippen LogP contribution in [0.25, 0.3) is 0 Å². The Morgan fingerprint density at radius 3 is 2.64 bits per heavy atom. The zero-order valence-corrected chi connectivity index (χ0v) is 13.4. The highest BCUT2D eigenvalue weighted by molar-refractivity contribution is 6.30. The molecule has 1 aliphatic rings. The Labute approximate surface area is 135 Å². The molecule has 0 aliphatic carbocycles. The van der Waals surface area contributed by atoms with Crippen LogP contribution in [0.2, 0.25) is 5.02 Å². The van der Waals surface area contributed by atoms with Crippen molar-refractivity contribution in [3.8, 4) is 0 Å². The number of piperazine rings is 1. The SMILES string of the molecule is CCCC[C@H]1CN(c2ccc(Cl)cc2)C(=O)CN1C(=O)CO. The van der Waals surface area contributed by atoms with E-state index in [1.54, 1.807) is 29.2 Å². The van der Waals surface area contributed by atoms with Crippen LogP contribution in [-0.4, -0.2) is 47.6 Å². The van der Waals surface area contributed by atoms with Crippen molar-refractivity contribution in [2.45, 2.75) is 32.2 Å². The van der Waals surface area contributed by atoms with Crippen LogP contribution >= 0.6 is 11.6 Å². The summed E-state index contributed by atoms with van der Waals surface area (Å²) in [6.45, 7) is 1.99. The van der Waals surface area contributed by atoms with Crippen LogP contribution in [0, 0.1) is 0 Å². The lowest BCUT2D eigenvalue weighted by atomic mass is 10.0. The molecule has 1 saturated heterocycles. The van der Waals surface area contributed by atoms with Gasteiger partial charge in [-0.25, -0.2) is 0 Å². The predicted molar refractivity (Wildman–Crippen MR) is 85.9 cm³/mol. The van der Waals surface area contributed by atoms with Crippen molar-refractivity contribution in [3.05, 3.63) is 29.3 Å². The van der Waals surface area contributed by atoms with Crippen LogP contribution in [0.15, 0.2) is 24.3 Å². The standard InChI is InChI=1S/C16H21ClN2O3/c1-2-3-4-14-9-18(13-7-5-12(17)6-8-13)15(21)10-19(14)16(22)11-20/h5-8,14,20H,2-4,9-11H2,1H3/t14-/m0/s1. The number of benzene rings is 1. The number of halogens is 1. The Morgan fingerprint density at radius 1 is 1.36 bits per heavy atom. The minimum Gasteiger partial charge on any atom is -0.387 e. The van der Waals surface area contributed by atoms with Crippen LogP contribution in [0.1, 0.15) is 26.2 Å². The molecule has 1 aromatic rings. The lowest BCUT2D eigenvalue weighted by Crippen LogP contribution is -2.58. The van der Waals surface area contributed by atoms with Gasteiger partial charge in [-0.2, -0.15) is 0 Å². The third kappa shape index (κ3) is 3.78. The molecule has 2 rings (SSSR count). The summed E-state index contributed by atoms with van der Waals surface area (Å²) in [7, 11) is 0. The smallest absolute Gasteiger partial charge is 0.249 e. The summed E-state index contributed by atoms with van der Waals surface area (Å²) in [5.74, 6) is -0.526. The van der Waals surface area contributed by atoms with Crippen LogP contribution in [0.5, 0.6) is 0 Å². The van der Waals surface area contributed by atoms with Gasteiger partial charge in [0, 0.05) is 17.3 Å². The molecule has 0 bridgehead atoms. The first-order valence-corrected chi connectivity index (χ1v) is 7.90. The second-order valence-electron chi connectivity index (χ2n) is 5.46. The number of aliphatic hydroxyl groups excluding tert-OH is 1. The number of carbonyl (C=O) groups is 2. The quantitative estimate of drug-likeness (QED) is 0.902. The number of amides is 2. The third-order valence-electron chi connectivity index (χ3n) is 3.93. The van der Waals surface area contributed by atoms with Crippen LogP contribution < -0.4 is 4.90 Å². The molecule has 0 radical (unpaired) electrons. The normalized spacial score (nSPS) is 18.7. The molecule has 2 amide bonds. The van der Waals surface area contributed by atoms with Crippen LogP contribution in [-0.2, 0) is 9.59 Å². The van der Waals surface area contributed by atoms with E-state index in [4.69, 9.17) is 16.7 Å². The predicted octanol–water partition coefficient (Wildman–Crippen LogP) is 2.07. The summed E-state index contributed by atoms with van der Waals surface area (Å²) in [6.07, 6.45) is 2.81. The van der Waals surface area contributed by atoms with Gasteiger partial charge in [-0.05, 0) is 30.7 Å². The Kier molecular flexibility index (Phi) is 5.80. The van der Waals surface area contributed by atoms with Gasteiger partial charge in [0.15, 0.2) is 0 Å². The van der Waals surface area contributed by atoms with E-state index in [2.05, 4.69) is 6.92 Å². The summed E-state index contributed by atoms with van der Waals surface area (Å²) in [6, 6.07) is 7.04. The van der Waals surface area contributed by atoms with Crippen molar-refractivity contribution < 1.29 is 14.7 Å². The highest BCUT2D eigenvalue weighted by Gasteiger charge is 2.34. The molecule has 1 atom stereocenters. The number of hydrogen-bond acceptors (Lipinski definition) is 3. The summed E-state index contributed by atoms with van der Waals surface area (Å²) in [5.41, 5.74) is 0.784. The lowest BCUT2D eigenvalue weighted by Gasteiger charge is -2.41. The van der Waals surface area contributed by atoms with Crippen molar-refractivity contribution in [3.63, 3.8) is 0 Å². The summed E-state index contributed by atoms with van der Waals surface area (Å²) >= 11 is 5.88. The maximum absolute atomic E-state index is 12.3. The van der Waals surface area contributed by atoms with Crippen LogP contribution in [0.4, 0.5) is 5.69 Å². The Bertz CT molecular complexity index is 533. The average molecular weight is 325 g/mol. The number of hydrogen-bond donors (Lipinski definition) is 1. The van der Waals surface area contributed by atoms with Gasteiger partial charge in [0.25, 0.3) is 0 Å². The topological polar surface area (TPSA) is 60.9 Å². The van der Waals surface area contributed by atoms with Crippen LogP contribution in [0.3, 0.4) is 0 Å². The molecule has 0 aromatic heterocycles. The lowest BCUT2D eigenvalue weighted by molar-refractivity contribution is -0.142. The molecule has 22 heavy (non-hydrogen) atoms. The molecule has 1 aromatic carbocycles. The van der Waals surface area contributed by atoms with E-state index in [1.807, 2.05) is 0 Å². The molecule has 1 heterocycles. The van der Waals surface area contributed by atoms with Gasteiger partial charge in [-0.15, -0.1) is 0 Å². The van der Waals surface area contributed by atoms with Gasteiger partial charge >= 0.3 is 0 Å². The molecule has 1 aliphatic heterocycles. The minimum atomic E-state index is -0.559. The molecular weight excluding hydrogens is 304 g/mol. The first-order chi connectivity index (χ1) is 10.6. The van der Waals surface area contributed by atoms with Crippen molar-refractivity contribution in [2.75, 3.05) is 24.6 Å². The number of rotatable bonds is 5. The highest BCUT2D eigenvalue weighted by Crippen LogP contribution is 2.24. The Morgan fingerprint density at radius 2 is 2.05 bits per heavy atom. The summed E-state index contributed by atoms with van der Waals surface area (Å²) in [4.78, 5) is 27.4. The zero-order valence-electron chi connectivity index (χ0n) is 12.7. The van der Waals surface area contributed by atoms with Gasteiger partial charge in [-0.3, -0.25) is 9.59 Å². The zero-order chi connectivity index (χ0) is 16.1. The van der Waals surface area contributed by atoms with Gasteiger partial charge in [0.05, 0.1) is 6.04 Å². The van der Waals surface area contributed by atoms with Gasteiger partial charge in [0.1, 0.15) is 13.2 Å². The minimum absolute atomic E-state index is 0.0103. The maximum atomic E-state index is 12.3. The van der Waals surface area contributed by atoms with E-state index in [0.717, 1.165) is 24.9 Å². The molecule has 1 fully saturated rings. The van der Waals surface area contributed by atoms with Crippen molar-refractivity contribution in [2.24, 2.45) is 0 Å². The molecular formula is C16H21ClN2O3. The fourth-order valence-corrected chi connectivity index (χ4v) is 2.84. The van der Waals surface area contributed by atoms with Gasteiger partial charge in [0.2, 0.25) is 11.8 Å². The highest BCUT2D eigenvalue weighted by atomic mass is 35.5. The number of anilines is 1. The van der Waals surface area contributed by atoms with E-state index in [-0.39, 0.29) is 24.4 Å². The average Bonchev–Trinajstić information content (AvgIpc) is 2.53. The van der Waals surface area contributed by atoms with E-state index in [9.17, 15) is 9.59 Å². The first kappa shape index (κ1) is 16.8. The number of carbonyl (C=O) groups excluding carboxylic acids is 2. The van der Waals surface area contributed by atoms with Gasteiger partial charge < -0.3 is 14.9 Å². The van der Waals surface area contributed by atoms with E-state index in [0.29, 0.717) is 11.6 Å². The summed E-state index contributed by atoms with van der Waals surface area (Å²) in [5, 5.41) is 9.72. The molecule has 0 unspecified atom stereocenters. The Balaban J connectivity index is 2.19. The fraction of sp³-hybridized carbons (Fsp3) is 0.500. The third-order valence-corrected chi connectivity index (χ3v) is 4.18. The Hall–Kier alpha value is -1.59. The van der Waals surface area contributed by atoms with E-state index >= 15 is 0 Å². The second-order valence-corrected chi connectivity index (χ2v) is 5.89. The molecule has 5 nitrogen and oxygen atoms in total.